The van der Waals surface area contributed by atoms with Crippen molar-refractivity contribution >= 4 is 22.1 Å². The fourth-order valence-corrected chi connectivity index (χ4v) is 2.83. The Labute approximate surface area is 138 Å². The molecule has 0 radical (unpaired) electrons. The second-order valence-corrected chi connectivity index (χ2v) is 5.75. The zero-order valence-electron chi connectivity index (χ0n) is 13.4. The van der Waals surface area contributed by atoms with Crippen molar-refractivity contribution in [1.82, 2.24) is 29.3 Å². The Morgan fingerprint density at radius 2 is 1.96 bits per heavy atom. The van der Waals surface area contributed by atoms with Crippen molar-refractivity contribution < 1.29 is 0 Å². The van der Waals surface area contributed by atoms with Gasteiger partial charge >= 0.3 is 0 Å². The number of benzene rings is 1. The molecule has 0 aliphatic heterocycles. The van der Waals surface area contributed by atoms with Crippen LogP contribution in [0.1, 0.15) is 17.5 Å². The molecule has 0 amide bonds. The van der Waals surface area contributed by atoms with Crippen LogP contribution in [0.2, 0.25) is 0 Å². The SMILES string of the molecule is Cc1cc2ncn(-c3ncnc4c3cnn4CCC#N)c2cc1C. The third kappa shape index (κ3) is 2.12. The molecule has 0 spiro atoms. The molecule has 0 bridgehead atoms. The van der Waals surface area contributed by atoms with Crippen LogP contribution in [0.4, 0.5) is 0 Å². The van der Waals surface area contributed by atoms with Crippen LogP contribution >= 0.6 is 0 Å². The van der Waals surface area contributed by atoms with Crippen LogP contribution in [0.15, 0.2) is 31.0 Å². The first-order valence-electron chi connectivity index (χ1n) is 7.67. The van der Waals surface area contributed by atoms with Crippen LogP contribution < -0.4 is 0 Å². The van der Waals surface area contributed by atoms with E-state index in [4.69, 9.17) is 5.26 Å². The summed E-state index contributed by atoms with van der Waals surface area (Å²) in [6, 6.07) is 6.33. The number of nitriles is 1. The molecule has 4 aromatic rings. The highest BCUT2D eigenvalue weighted by Crippen LogP contribution is 2.24. The zero-order chi connectivity index (χ0) is 16.7. The van der Waals surface area contributed by atoms with Crippen molar-refractivity contribution in [3.8, 4) is 11.9 Å². The van der Waals surface area contributed by atoms with Gasteiger partial charge in [-0.15, -0.1) is 0 Å². The molecule has 7 heteroatoms. The predicted molar refractivity (Wildman–Crippen MR) is 89.7 cm³/mol. The number of imidazole rings is 1. The monoisotopic (exact) mass is 317 g/mol. The Kier molecular flexibility index (Phi) is 3.24. The lowest BCUT2D eigenvalue weighted by molar-refractivity contribution is 0.643. The average Bonchev–Trinajstić information content (AvgIpc) is 3.17. The highest BCUT2D eigenvalue weighted by molar-refractivity contribution is 5.86. The maximum absolute atomic E-state index is 8.77. The Hall–Kier alpha value is -3.27. The summed E-state index contributed by atoms with van der Waals surface area (Å²) in [5, 5.41) is 14.0. The first kappa shape index (κ1) is 14.3. The molecule has 0 saturated heterocycles. The van der Waals surface area contributed by atoms with Crippen molar-refractivity contribution in [1.29, 1.82) is 5.26 Å². The molecule has 0 saturated carbocycles. The van der Waals surface area contributed by atoms with E-state index in [2.05, 4.69) is 52.1 Å². The van der Waals surface area contributed by atoms with Gasteiger partial charge in [0.05, 0.1) is 41.7 Å². The number of aryl methyl sites for hydroxylation is 3. The summed E-state index contributed by atoms with van der Waals surface area (Å²) in [5.41, 5.74) is 5.08. The van der Waals surface area contributed by atoms with Crippen molar-refractivity contribution in [3.63, 3.8) is 0 Å². The second-order valence-electron chi connectivity index (χ2n) is 5.75. The van der Waals surface area contributed by atoms with Crippen molar-refractivity contribution in [3.05, 3.63) is 42.1 Å². The van der Waals surface area contributed by atoms with Crippen LogP contribution in [0.3, 0.4) is 0 Å². The molecule has 118 valence electrons. The van der Waals surface area contributed by atoms with Gasteiger partial charge in [0.15, 0.2) is 11.5 Å². The topological polar surface area (TPSA) is 85.2 Å². The van der Waals surface area contributed by atoms with Crippen LogP contribution in [-0.2, 0) is 6.54 Å². The van der Waals surface area contributed by atoms with Crippen LogP contribution in [0, 0.1) is 25.2 Å². The largest absolute Gasteiger partial charge is 0.282 e. The van der Waals surface area contributed by atoms with Crippen LogP contribution in [0.25, 0.3) is 27.9 Å². The van der Waals surface area contributed by atoms with Gasteiger partial charge in [-0.25, -0.2) is 19.6 Å². The molecule has 3 heterocycles. The highest BCUT2D eigenvalue weighted by atomic mass is 15.3. The predicted octanol–water partition coefficient (Wildman–Crippen LogP) is 2.70. The van der Waals surface area contributed by atoms with E-state index in [1.807, 2.05) is 4.57 Å². The molecule has 0 fully saturated rings. The second kappa shape index (κ2) is 5.42. The Balaban J connectivity index is 1.93. The van der Waals surface area contributed by atoms with E-state index in [1.165, 1.54) is 17.5 Å². The molecule has 24 heavy (non-hydrogen) atoms. The van der Waals surface area contributed by atoms with Gasteiger partial charge in [-0.05, 0) is 37.1 Å². The van der Waals surface area contributed by atoms with E-state index in [-0.39, 0.29) is 0 Å². The Morgan fingerprint density at radius 1 is 1.12 bits per heavy atom. The molecule has 1 aromatic carbocycles. The standard InChI is InChI=1S/C17H15N7/c1-11-6-14-15(7-12(11)2)23(10-21-14)16-13-8-22-24(5-3-4-18)17(13)20-9-19-16/h6-10H,3,5H2,1-2H3. The molecular weight excluding hydrogens is 302 g/mol. The van der Waals surface area contributed by atoms with Gasteiger partial charge in [0.1, 0.15) is 12.7 Å². The first-order valence-corrected chi connectivity index (χ1v) is 7.67. The van der Waals surface area contributed by atoms with Gasteiger partial charge in [0, 0.05) is 0 Å². The van der Waals surface area contributed by atoms with Gasteiger partial charge < -0.3 is 0 Å². The maximum atomic E-state index is 8.77. The minimum absolute atomic E-state index is 0.391. The number of aromatic nitrogens is 6. The zero-order valence-corrected chi connectivity index (χ0v) is 13.4. The van der Waals surface area contributed by atoms with E-state index in [0.717, 1.165) is 27.9 Å². The van der Waals surface area contributed by atoms with Gasteiger partial charge in [-0.1, -0.05) is 0 Å². The number of nitrogens with zero attached hydrogens (tertiary/aromatic N) is 7. The summed E-state index contributed by atoms with van der Waals surface area (Å²) in [7, 11) is 0. The molecule has 0 unspecified atom stereocenters. The Morgan fingerprint density at radius 3 is 2.79 bits per heavy atom. The summed E-state index contributed by atoms with van der Waals surface area (Å²) in [6.07, 6.45) is 5.44. The van der Waals surface area contributed by atoms with E-state index >= 15 is 0 Å². The third-order valence-electron chi connectivity index (χ3n) is 4.24. The fraction of sp³-hybridized carbons (Fsp3) is 0.235. The normalized spacial score (nSPS) is 11.2. The molecule has 4 rings (SSSR count). The number of hydrogen-bond donors (Lipinski definition) is 0. The van der Waals surface area contributed by atoms with Crippen LogP contribution in [0.5, 0.6) is 0 Å². The summed E-state index contributed by atoms with van der Waals surface area (Å²) < 4.78 is 3.69. The number of rotatable bonds is 3. The average molecular weight is 317 g/mol. The van der Waals surface area contributed by atoms with Crippen molar-refractivity contribution in [2.24, 2.45) is 0 Å². The maximum Gasteiger partial charge on any atom is 0.163 e. The lowest BCUT2D eigenvalue weighted by atomic mass is 10.1. The fourth-order valence-electron chi connectivity index (χ4n) is 2.83. The van der Waals surface area contributed by atoms with Crippen molar-refractivity contribution in [2.45, 2.75) is 26.8 Å². The molecule has 0 atom stereocenters. The quantitative estimate of drug-likeness (QED) is 0.580. The summed E-state index contributed by atoms with van der Waals surface area (Å²) >= 11 is 0. The van der Waals surface area contributed by atoms with E-state index < -0.39 is 0 Å². The lowest BCUT2D eigenvalue weighted by Gasteiger charge is -2.06. The smallest absolute Gasteiger partial charge is 0.163 e. The lowest BCUT2D eigenvalue weighted by Crippen LogP contribution is -2.02. The van der Waals surface area contributed by atoms with Gasteiger partial charge in [0.2, 0.25) is 0 Å². The molecule has 0 aliphatic carbocycles. The summed E-state index contributed by atoms with van der Waals surface area (Å²) in [4.78, 5) is 13.3. The molecule has 0 N–H and O–H groups in total. The Bertz CT molecular complexity index is 1100. The van der Waals surface area contributed by atoms with Gasteiger partial charge in [-0.2, -0.15) is 10.4 Å². The van der Waals surface area contributed by atoms with Crippen molar-refractivity contribution in [2.75, 3.05) is 0 Å². The number of hydrogen-bond acceptors (Lipinski definition) is 5. The minimum Gasteiger partial charge on any atom is -0.282 e. The van der Waals surface area contributed by atoms with Gasteiger partial charge in [0.25, 0.3) is 0 Å². The molecular formula is C17H15N7. The van der Waals surface area contributed by atoms with E-state index in [0.29, 0.717) is 13.0 Å². The molecule has 7 nitrogen and oxygen atoms in total. The molecule has 3 aromatic heterocycles. The van der Waals surface area contributed by atoms with Gasteiger partial charge in [-0.3, -0.25) is 4.57 Å². The highest BCUT2D eigenvalue weighted by Gasteiger charge is 2.14. The molecule has 0 aliphatic rings. The minimum atomic E-state index is 0.391. The summed E-state index contributed by atoms with van der Waals surface area (Å²) in [6.45, 7) is 4.68. The van der Waals surface area contributed by atoms with E-state index in [1.54, 1.807) is 17.2 Å². The summed E-state index contributed by atoms with van der Waals surface area (Å²) in [5.74, 6) is 0.744. The number of fused-ring (bicyclic) bond motifs is 2. The van der Waals surface area contributed by atoms with E-state index in [9.17, 15) is 0 Å². The first-order chi connectivity index (χ1) is 11.7. The third-order valence-corrected chi connectivity index (χ3v) is 4.24. The van der Waals surface area contributed by atoms with Crippen LogP contribution in [-0.4, -0.2) is 29.3 Å².